The summed E-state index contributed by atoms with van der Waals surface area (Å²) in [5, 5.41) is 13.5. The van der Waals surface area contributed by atoms with E-state index in [9.17, 15) is 5.11 Å². The molecule has 1 N–H and O–H groups in total. The zero-order valence-electron chi connectivity index (χ0n) is 19.0. The van der Waals surface area contributed by atoms with Gasteiger partial charge in [-0.05, 0) is 77.4 Å². The number of hydrogen-bond acceptors (Lipinski definition) is 3. The average Bonchev–Trinajstić information content (AvgIpc) is 3.37. The molecule has 4 heteroatoms. The van der Waals surface area contributed by atoms with Gasteiger partial charge in [-0.15, -0.1) is 0 Å². The molecular weight excluding hydrogens is 440 g/mol. The topological polar surface area (TPSA) is 36.4 Å². The summed E-state index contributed by atoms with van der Waals surface area (Å²) in [5.74, 6) is 0.469. The van der Waals surface area contributed by atoms with Crippen molar-refractivity contribution < 1.29 is 5.11 Å². The minimum absolute atomic E-state index is 0.00837. The standard InChI is InChI=1S/C30H27ClN2O/c31-22-8-9-24-25-18-29(27(24)17-22,26-6-2-1-5-23(25)26)19-33-14-11-30(34,12-15-33)21-7-10-28-20(16-21)4-3-13-32-28/h1-10,13,16-17,25,34H,11-12,14-15,18-19H2. The van der Waals surface area contributed by atoms with E-state index >= 15 is 0 Å². The molecule has 0 radical (unpaired) electrons. The second-order valence-electron chi connectivity index (χ2n) is 10.4. The van der Waals surface area contributed by atoms with E-state index in [1.807, 2.05) is 24.4 Å². The van der Waals surface area contributed by atoms with Gasteiger partial charge in [0.1, 0.15) is 0 Å². The fourth-order valence-corrected chi connectivity index (χ4v) is 7.11. The number of fused-ring (bicyclic) bond motifs is 9. The Morgan fingerprint density at radius 2 is 1.74 bits per heavy atom. The van der Waals surface area contributed by atoms with Crippen molar-refractivity contribution in [3.05, 3.63) is 112 Å². The maximum absolute atomic E-state index is 11.6. The van der Waals surface area contributed by atoms with Crippen LogP contribution in [0.5, 0.6) is 0 Å². The number of hydrogen-bond donors (Lipinski definition) is 1. The third-order valence-electron chi connectivity index (χ3n) is 8.63. The van der Waals surface area contributed by atoms with Crippen molar-refractivity contribution in [1.82, 2.24) is 9.88 Å². The Bertz CT molecular complexity index is 1420. The van der Waals surface area contributed by atoms with Gasteiger partial charge in [0.05, 0.1) is 11.1 Å². The maximum atomic E-state index is 11.6. The van der Waals surface area contributed by atoms with Crippen LogP contribution in [0, 0.1) is 0 Å². The fraction of sp³-hybridized carbons (Fsp3) is 0.300. The van der Waals surface area contributed by atoms with Crippen LogP contribution in [0.15, 0.2) is 79.0 Å². The number of piperidine rings is 1. The maximum Gasteiger partial charge on any atom is 0.0921 e. The third-order valence-corrected chi connectivity index (χ3v) is 8.86. The molecule has 7 rings (SSSR count). The van der Waals surface area contributed by atoms with E-state index in [-0.39, 0.29) is 5.41 Å². The van der Waals surface area contributed by atoms with Crippen molar-refractivity contribution in [3.8, 4) is 0 Å². The van der Waals surface area contributed by atoms with Crippen LogP contribution in [0.3, 0.4) is 0 Å². The molecule has 2 bridgehead atoms. The van der Waals surface area contributed by atoms with E-state index < -0.39 is 5.60 Å². The lowest BCUT2D eigenvalue weighted by Crippen LogP contribution is -2.47. The number of nitrogens with zero attached hydrogens (tertiary/aromatic N) is 2. The molecule has 1 aromatic heterocycles. The molecule has 2 aliphatic carbocycles. The summed E-state index contributed by atoms with van der Waals surface area (Å²) < 4.78 is 0. The van der Waals surface area contributed by atoms with E-state index in [1.54, 1.807) is 0 Å². The first-order chi connectivity index (χ1) is 16.6. The average molecular weight is 467 g/mol. The highest BCUT2D eigenvalue weighted by Gasteiger charge is 2.53. The van der Waals surface area contributed by atoms with E-state index in [0.29, 0.717) is 5.92 Å². The molecule has 2 heterocycles. The molecule has 3 aliphatic rings. The molecule has 1 saturated heterocycles. The molecule has 4 aromatic rings. The highest BCUT2D eigenvalue weighted by atomic mass is 35.5. The highest BCUT2D eigenvalue weighted by Crippen LogP contribution is 2.60. The van der Waals surface area contributed by atoms with E-state index in [0.717, 1.165) is 60.4 Å². The van der Waals surface area contributed by atoms with E-state index in [4.69, 9.17) is 11.6 Å². The summed E-state index contributed by atoms with van der Waals surface area (Å²) in [4.78, 5) is 6.99. The van der Waals surface area contributed by atoms with Crippen molar-refractivity contribution >= 4 is 22.5 Å². The lowest BCUT2D eigenvalue weighted by molar-refractivity contribution is -0.0288. The third kappa shape index (κ3) is 2.94. The molecule has 3 nitrogen and oxygen atoms in total. The molecule has 170 valence electrons. The number of aromatic nitrogens is 1. The van der Waals surface area contributed by atoms with Gasteiger partial charge in [0, 0.05) is 47.6 Å². The minimum Gasteiger partial charge on any atom is -0.385 e. The van der Waals surface area contributed by atoms with Gasteiger partial charge in [-0.3, -0.25) is 4.98 Å². The SMILES string of the molecule is OC1(c2ccc3ncccc3c2)CCN(CC23CC(c4ccccc42)c2ccc(Cl)cc23)CC1. The lowest BCUT2D eigenvalue weighted by Gasteiger charge is -2.43. The molecule has 2 unspecified atom stereocenters. The molecule has 2 atom stereocenters. The van der Waals surface area contributed by atoms with Gasteiger partial charge in [-0.2, -0.15) is 0 Å². The summed E-state index contributed by atoms with van der Waals surface area (Å²) >= 11 is 6.49. The predicted octanol–water partition coefficient (Wildman–Crippen LogP) is 6.01. The zero-order valence-corrected chi connectivity index (χ0v) is 19.8. The number of aliphatic hydroxyl groups is 1. The Morgan fingerprint density at radius 1 is 0.912 bits per heavy atom. The molecule has 0 saturated carbocycles. The monoisotopic (exact) mass is 466 g/mol. The Kier molecular flexibility index (Phi) is 4.48. The molecular formula is C30H27ClN2O. The van der Waals surface area contributed by atoms with Gasteiger partial charge < -0.3 is 10.0 Å². The van der Waals surface area contributed by atoms with Gasteiger partial charge in [0.2, 0.25) is 0 Å². The Balaban J connectivity index is 1.18. The summed E-state index contributed by atoms with van der Waals surface area (Å²) in [6, 6.07) is 25.7. The predicted molar refractivity (Wildman–Crippen MR) is 136 cm³/mol. The smallest absolute Gasteiger partial charge is 0.0921 e. The molecule has 1 aliphatic heterocycles. The Hall–Kier alpha value is -2.72. The number of likely N-dealkylation sites (tertiary alicyclic amines) is 1. The Morgan fingerprint density at radius 3 is 2.62 bits per heavy atom. The number of rotatable bonds is 3. The quantitative estimate of drug-likeness (QED) is 0.402. The van der Waals surface area contributed by atoms with Crippen molar-refractivity contribution in [2.75, 3.05) is 19.6 Å². The van der Waals surface area contributed by atoms with Crippen LogP contribution in [0.4, 0.5) is 0 Å². The molecule has 0 amide bonds. The van der Waals surface area contributed by atoms with Crippen LogP contribution in [-0.2, 0) is 11.0 Å². The van der Waals surface area contributed by atoms with Gasteiger partial charge >= 0.3 is 0 Å². The van der Waals surface area contributed by atoms with Crippen LogP contribution in [0.25, 0.3) is 10.9 Å². The molecule has 1 fully saturated rings. The first-order valence-electron chi connectivity index (χ1n) is 12.3. The van der Waals surface area contributed by atoms with Crippen molar-refractivity contribution in [2.24, 2.45) is 0 Å². The van der Waals surface area contributed by atoms with E-state index in [2.05, 4.69) is 64.5 Å². The molecule has 0 spiro atoms. The van der Waals surface area contributed by atoms with Crippen LogP contribution in [0.1, 0.15) is 53.0 Å². The van der Waals surface area contributed by atoms with Gasteiger partial charge in [0.15, 0.2) is 0 Å². The highest BCUT2D eigenvalue weighted by molar-refractivity contribution is 6.30. The van der Waals surface area contributed by atoms with Crippen molar-refractivity contribution in [3.63, 3.8) is 0 Å². The van der Waals surface area contributed by atoms with Gasteiger partial charge in [-0.25, -0.2) is 0 Å². The minimum atomic E-state index is -0.786. The Labute approximate surface area is 205 Å². The number of halogens is 1. The van der Waals surface area contributed by atoms with E-state index in [1.165, 1.54) is 22.3 Å². The van der Waals surface area contributed by atoms with Crippen LogP contribution in [-0.4, -0.2) is 34.6 Å². The first-order valence-corrected chi connectivity index (χ1v) is 12.6. The summed E-state index contributed by atoms with van der Waals surface area (Å²) in [6.45, 7) is 2.74. The van der Waals surface area contributed by atoms with Crippen molar-refractivity contribution in [1.29, 1.82) is 0 Å². The largest absolute Gasteiger partial charge is 0.385 e. The van der Waals surface area contributed by atoms with Crippen molar-refractivity contribution in [2.45, 2.75) is 36.2 Å². The number of benzene rings is 3. The van der Waals surface area contributed by atoms with Gasteiger partial charge in [-0.1, -0.05) is 54.1 Å². The second-order valence-corrected chi connectivity index (χ2v) is 10.8. The van der Waals surface area contributed by atoms with Gasteiger partial charge in [0.25, 0.3) is 0 Å². The molecule has 34 heavy (non-hydrogen) atoms. The van der Waals surface area contributed by atoms with Crippen LogP contribution >= 0.6 is 11.6 Å². The second kappa shape index (κ2) is 7.39. The summed E-state index contributed by atoms with van der Waals surface area (Å²) in [6.07, 6.45) is 4.42. The normalized spacial score (nSPS) is 24.8. The van der Waals surface area contributed by atoms with Crippen LogP contribution in [0.2, 0.25) is 5.02 Å². The number of pyridine rings is 1. The molecule has 3 aromatic carbocycles. The first kappa shape index (κ1) is 20.6. The van der Waals surface area contributed by atoms with Crippen LogP contribution < -0.4 is 0 Å². The zero-order chi connectivity index (χ0) is 22.9. The summed E-state index contributed by atoms with van der Waals surface area (Å²) in [7, 11) is 0. The lowest BCUT2D eigenvalue weighted by atomic mass is 9.74. The fourth-order valence-electron chi connectivity index (χ4n) is 6.94. The summed E-state index contributed by atoms with van der Waals surface area (Å²) in [5.41, 5.74) is 6.99.